The fraction of sp³-hybridized carbons (Fsp3) is 0.136. The molecule has 6 nitrogen and oxygen atoms in total. The van der Waals surface area contributed by atoms with Gasteiger partial charge < -0.3 is 9.73 Å². The normalized spacial score (nSPS) is 10.9. The van der Waals surface area contributed by atoms with Gasteiger partial charge in [-0.1, -0.05) is 48.2 Å². The van der Waals surface area contributed by atoms with Crippen molar-refractivity contribution in [1.82, 2.24) is 14.8 Å². The molecule has 0 unspecified atom stereocenters. The average Bonchev–Trinajstić information content (AvgIpc) is 3.32. The lowest BCUT2D eigenvalue weighted by molar-refractivity contribution is -0.113. The van der Waals surface area contributed by atoms with E-state index in [4.69, 9.17) is 4.42 Å². The van der Waals surface area contributed by atoms with E-state index >= 15 is 0 Å². The molecular weight excluding hydrogens is 384 g/mol. The SMILES string of the molecule is C=CCn1c(SCC(=O)Nc2ccc3ccccc3c2)nnc1-c1ccoc1C. The van der Waals surface area contributed by atoms with E-state index in [0.29, 0.717) is 17.5 Å². The van der Waals surface area contributed by atoms with Gasteiger partial charge in [0.05, 0.1) is 17.6 Å². The molecular formula is C22H20N4O2S. The molecule has 0 bridgehead atoms. The van der Waals surface area contributed by atoms with E-state index in [0.717, 1.165) is 27.8 Å². The number of fused-ring (bicyclic) bond motifs is 1. The highest BCUT2D eigenvalue weighted by atomic mass is 32.2. The van der Waals surface area contributed by atoms with Gasteiger partial charge in [-0.3, -0.25) is 9.36 Å². The van der Waals surface area contributed by atoms with Gasteiger partial charge in [-0.25, -0.2) is 0 Å². The molecule has 1 amide bonds. The Kier molecular flexibility index (Phi) is 5.48. The summed E-state index contributed by atoms with van der Waals surface area (Å²) in [7, 11) is 0. The third kappa shape index (κ3) is 4.09. The van der Waals surface area contributed by atoms with Crippen molar-refractivity contribution in [3.8, 4) is 11.4 Å². The molecule has 29 heavy (non-hydrogen) atoms. The van der Waals surface area contributed by atoms with Gasteiger partial charge in [-0.15, -0.1) is 16.8 Å². The van der Waals surface area contributed by atoms with E-state index in [-0.39, 0.29) is 11.7 Å². The summed E-state index contributed by atoms with van der Waals surface area (Å²) in [4.78, 5) is 12.5. The highest BCUT2D eigenvalue weighted by Crippen LogP contribution is 2.27. The quantitative estimate of drug-likeness (QED) is 0.350. The number of nitrogens with one attached hydrogen (secondary N) is 1. The average molecular weight is 404 g/mol. The zero-order chi connectivity index (χ0) is 20.2. The summed E-state index contributed by atoms with van der Waals surface area (Å²) in [5, 5.41) is 14.4. The number of nitrogens with zero attached hydrogens (tertiary/aromatic N) is 3. The van der Waals surface area contributed by atoms with E-state index in [1.54, 1.807) is 12.3 Å². The zero-order valence-electron chi connectivity index (χ0n) is 16.0. The number of furan rings is 1. The fourth-order valence-corrected chi connectivity index (χ4v) is 3.85. The van der Waals surface area contributed by atoms with Gasteiger partial charge in [0.1, 0.15) is 5.76 Å². The van der Waals surface area contributed by atoms with Crippen LogP contribution in [0, 0.1) is 6.92 Å². The number of thioether (sulfide) groups is 1. The van der Waals surface area contributed by atoms with Crippen molar-refractivity contribution in [2.45, 2.75) is 18.6 Å². The van der Waals surface area contributed by atoms with Crippen molar-refractivity contribution >= 4 is 34.1 Å². The number of carbonyl (C=O) groups is 1. The van der Waals surface area contributed by atoms with E-state index in [1.807, 2.05) is 60.0 Å². The third-order valence-electron chi connectivity index (χ3n) is 4.49. The second-order valence-corrected chi connectivity index (χ2v) is 7.44. The van der Waals surface area contributed by atoms with Gasteiger partial charge in [0.2, 0.25) is 5.91 Å². The van der Waals surface area contributed by atoms with Crippen molar-refractivity contribution < 1.29 is 9.21 Å². The molecule has 4 rings (SSSR count). The number of carbonyl (C=O) groups excluding carboxylic acids is 1. The van der Waals surface area contributed by atoms with Crippen LogP contribution in [0.2, 0.25) is 0 Å². The predicted octanol–water partition coefficient (Wildman–Crippen LogP) is 4.92. The third-order valence-corrected chi connectivity index (χ3v) is 5.46. The smallest absolute Gasteiger partial charge is 0.234 e. The number of anilines is 1. The van der Waals surface area contributed by atoms with Crippen LogP contribution in [-0.4, -0.2) is 26.4 Å². The highest BCUT2D eigenvalue weighted by Gasteiger charge is 2.17. The monoisotopic (exact) mass is 404 g/mol. The first-order valence-electron chi connectivity index (χ1n) is 9.15. The Bertz CT molecular complexity index is 1180. The first-order chi connectivity index (χ1) is 14.2. The first-order valence-corrected chi connectivity index (χ1v) is 10.1. The molecule has 2 heterocycles. The predicted molar refractivity (Wildman–Crippen MR) is 116 cm³/mol. The lowest BCUT2D eigenvalue weighted by atomic mass is 10.1. The number of hydrogen-bond acceptors (Lipinski definition) is 5. The van der Waals surface area contributed by atoms with Crippen molar-refractivity contribution in [3.05, 3.63) is 73.2 Å². The maximum Gasteiger partial charge on any atom is 0.234 e. The number of amides is 1. The molecule has 7 heteroatoms. The Balaban J connectivity index is 1.46. The highest BCUT2D eigenvalue weighted by molar-refractivity contribution is 7.99. The molecule has 1 N–H and O–H groups in total. The van der Waals surface area contributed by atoms with Crippen molar-refractivity contribution in [2.75, 3.05) is 11.1 Å². The fourth-order valence-electron chi connectivity index (χ4n) is 3.10. The van der Waals surface area contributed by atoms with Crippen LogP contribution in [0.15, 0.2) is 77.0 Å². The summed E-state index contributed by atoms with van der Waals surface area (Å²) >= 11 is 1.34. The van der Waals surface area contributed by atoms with Crippen LogP contribution in [-0.2, 0) is 11.3 Å². The number of hydrogen-bond donors (Lipinski definition) is 1. The Morgan fingerprint density at radius 3 is 2.79 bits per heavy atom. The van der Waals surface area contributed by atoms with Crippen LogP contribution in [0.3, 0.4) is 0 Å². The summed E-state index contributed by atoms with van der Waals surface area (Å²) in [6.07, 6.45) is 3.41. The van der Waals surface area contributed by atoms with Crippen molar-refractivity contribution in [3.63, 3.8) is 0 Å². The number of benzene rings is 2. The maximum atomic E-state index is 12.5. The molecule has 0 spiro atoms. The van der Waals surface area contributed by atoms with Crippen molar-refractivity contribution in [2.24, 2.45) is 0 Å². The second kappa shape index (κ2) is 8.36. The van der Waals surface area contributed by atoms with Crippen LogP contribution in [0.5, 0.6) is 0 Å². The molecule has 0 saturated carbocycles. The second-order valence-electron chi connectivity index (χ2n) is 6.49. The van der Waals surface area contributed by atoms with E-state index in [9.17, 15) is 4.79 Å². The lowest BCUT2D eigenvalue weighted by Crippen LogP contribution is -2.14. The zero-order valence-corrected chi connectivity index (χ0v) is 16.8. The number of rotatable bonds is 7. The molecule has 0 saturated heterocycles. The Labute approximate surface area is 172 Å². The first kappa shape index (κ1) is 19.0. The molecule has 0 atom stereocenters. The molecule has 4 aromatic rings. The lowest BCUT2D eigenvalue weighted by Gasteiger charge is -2.08. The molecule has 0 aliphatic carbocycles. The van der Waals surface area contributed by atoms with E-state index in [1.165, 1.54) is 11.8 Å². The van der Waals surface area contributed by atoms with Gasteiger partial charge in [0, 0.05) is 12.2 Å². The number of allylic oxidation sites excluding steroid dienone is 1. The number of aryl methyl sites for hydroxylation is 1. The molecule has 146 valence electrons. The largest absolute Gasteiger partial charge is 0.469 e. The minimum atomic E-state index is -0.0977. The van der Waals surface area contributed by atoms with Crippen LogP contribution >= 0.6 is 11.8 Å². The van der Waals surface area contributed by atoms with Gasteiger partial charge >= 0.3 is 0 Å². The molecule has 0 aliphatic rings. The summed E-state index contributed by atoms with van der Waals surface area (Å²) in [6, 6.07) is 15.8. The van der Waals surface area contributed by atoms with Crippen LogP contribution < -0.4 is 5.32 Å². The Morgan fingerprint density at radius 1 is 1.21 bits per heavy atom. The van der Waals surface area contributed by atoms with E-state index in [2.05, 4.69) is 22.1 Å². The topological polar surface area (TPSA) is 73.0 Å². The molecule has 0 fully saturated rings. The van der Waals surface area contributed by atoms with Gasteiger partial charge in [-0.05, 0) is 35.9 Å². The van der Waals surface area contributed by atoms with Crippen LogP contribution in [0.4, 0.5) is 5.69 Å². The summed E-state index contributed by atoms with van der Waals surface area (Å²) in [5.41, 5.74) is 1.66. The number of aromatic nitrogens is 3. The van der Waals surface area contributed by atoms with E-state index < -0.39 is 0 Å². The molecule has 2 aromatic heterocycles. The van der Waals surface area contributed by atoms with Crippen LogP contribution in [0.25, 0.3) is 22.2 Å². The minimum absolute atomic E-state index is 0.0977. The van der Waals surface area contributed by atoms with Crippen LogP contribution in [0.1, 0.15) is 5.76 Å². The summed E-state index contributed by atoms with van der Waals surface area (Å²) in [6.45, 7) is 6.23. The standard InChI is InChI=1S/C22H20N4O2S/c1-3-11-26-21(19-10-12-28-15(19)2)24-25-22(26)29-14-20(27)23-18-9-8-16-6-4-5-7-17(16)13-18/h3-10,12-13H,1,11,14H2,2H3,(H,23,27). The van der Waals surface area contributed by atoms with Gasteiger partial charge in [-0.2, -0.15) is 0 Å². The molecule has 0 radical (unpaired) electrons. The Morgan fingerprint density at radius 2 is 2.03 bits per heavy atom. The molecule has 0 aliphatic heterocycles. The summed E-state index contributed by atoms with van der Waals surface area (Å²) < 4.78 is 7.31. The Hall–Kier alpha value is -3.32. The van der Waals surface area contributed by atoms with Crippen molar-refractivity contribution in [1.29, 1.82) is 0 Å². The van der Waals surface area contributed by atoms with Gasteiger partial charge in [0.25, 0.3) is 0 Å². The molecule has 2 aromatic carbocycles. The maximum absolute atomic E-state index is 12.5. The van der Waals surface area contributed by atoms with Gasteiger partial charge in [0.15, 0.2) is 11.0 Å². The summed E-state index contributed by atoms with van der Waals surface area (Å²) in [5.74, 6) is 1.60. The minimum Gasteiger partial charge on any atom is -0.469 e.